The highest BCUT2D eigenvalue weighted by Crippen LogP contribution is 2.27. The molecule has 1 N–H and O–H groups in total. The number of benzene rings is 2. The number of aromatic nitrogens is 3. The van der Waals surface area contributed by atoms with E-state index in [1.54, 1.807) is 18.5 Å². The third-order valence-electron chi connectivity index (χ3n) is 3.80. The van der Waals surface area contributed by atoms with Crippen LogP contribution in [-0.4, -0.2) is 27.3 Å². The number of hydrogen-bond acceptors (Lipinski definition) is 4. The number of anilines is 1. The number of nitrogens with one attached hydrogen (secondary N) is 1. The van der Waals surface area contributed by atoms with Crippen molar-refractivity contribution in [2.24, 2.45) is 0 Å². The Morgan fingerprint density at radius 2 is 1.88 bits per heavy atom. The van der Waals surface area contributed by atoms with Gasteiger partial charge >= 0.3 is 0 Å². The van der Waals surface area contributed by atoms with Crippen LogP contribution in [0.4, 0.5) is 5.69 Å². The molecular weight excluding hydrogens is 316 g/mol. The SMILES string of the molecule is CCOc1ccccc1C(=O)Nc1ccccc1-c1nncn1CC. The maximum atomic E-state index is 12.8. The monoisotopic (exact) mass is 336 g/mol. The number of rotatable bonds is 6. The van der Waals surface area contributed by atoms with Gasteiger partial charge in [0.05, 0.1) is 17.9 Å². The fourth-order valence-corrected chi connectivity index (χ4v) is 2.61. The molecule has 0 unspecified atom stereocenters. The molecule has 0 bridgehead atoms. The van der Waals surface area contributed by atoms with Gasteiger partial charge in [0.25, 0.3) is 5.91 Å². The Morgan fingerprint density at radius 1 is 1.12 bits per heavy atom. The van der Waals surface area contributed by atoms with E-state index in [9.17, 15) is 4.79 Å². The van der Waals surface area contributed by atoms with Gasteiger partial charge in [-0.2, -0.15) is 0 Å². The molecule has 128 valence electrons. The standard InChI is InChI=1S/C19H20N4O2/c1-3-23-13-20-22-18(23)14-9-5-7-11-16(14)21-19(24)15-10-6-8-12-17(15)25-4-2/h5-13H,3-4H2,1-2H3,(H,21,24). The van der Waals surface area contributed by atoms with E-state index in [1.165, 1.54) is 0 Å². The molecule has 0 aliphatic carbocycles. The van der Waals surface area contributed by atoms with Crippen LogP contribution in [0, 0.1) is 0 Å². The zero-order valence-electron chi connectivity index (χ0n) is 14.3. The van der Waals surface area contributed by atoms with E-state index in [2.05, 4.69) is 15.5 Å². The highest BCUT2D eigenvalue weighted by molar-refractivity contribution is 6.07. The molecule has 0 aliphatic heterocycles. The van der Waals surface area contributed by atoms with Gasteiger partial charge in [0.1, 0.15) is 12.1 Å². The van der Waals surface area contributed by atoms with Crippen molar-refractivity contribution in [3.63, 3.8) is 0 Å². The Hall–Kier alpha value is -3.15. The second kappa shape index (κ2) is 7.61. The minimum Gasteiger partial charge on any atom is -0.493 e. The molecule has 3 aromatic rings. The lowest BCUT2D eigenvalue weighted by Gasteiger charge is -2.13. The summed E-state index contributed by atoms with van der Waals surface area (Å²) in [5.74, 6) is 1.06. The van der Waals surface area contributed by atoms with Gasteiger partial charge < -0.3 is 14.6 Å². The van der Waals surface area contributed by atoms with Crippen LogP contribution in [0.15, 0.2) is 54.9 Å². The van der Waals surface area contributed by atoms with Gasteiger partial charge in [-0.15, -0.1) is 10.2 Å². The van der Waals surface area contributed by atoms with Gasteiger partial charge in [-0.25, -0.2) is 0 Å². The minimum atomic E-state index is -0.223. The normalized spacial score (nSPS) is 10.5. The summed E-state index contributed by atoms with van der Waals surface area (Å²) in [4.78, 5) is 12.8. The number of hydrogen-bond donors (Lipinski definition) is 1. The van der Waals surface area contributed by atoms with Gasteiger partial charge in [-0.3, -0.25) is 4.79 Å². The summed E-state index contributed by atoms with van der Waals surface area (Å²) >= 11 is 0. The van der Waals surface area contributed by atoms with E-state index in [4.69, 9.17) is 4.74 Å². The number of ether oxygens (including phenoxy) is 1. The van der Waals surface area contributed by atoms with E-state index in [-0.39, 0.29) is 5.91 Å². The molecule has 0 spiro atoms. The maximum absolute atomic E-state index is 12.8. The summed E-state index contributed by atoms with van der Waals surface area (Å²) in [5.41, 5.74) is 2.00. The van der Waals surface area contributed by atoms with Crippen molar-refractivity contribution < 1.29 is 9.53 Å². The Morgan fingerprint density at radius 3 is 2.68 bits per heavy atom. The van der Waals surface area contributed by atoms with Crippen molar-refractivity contribution in [2.75, 3.05) is 11.9 Å². The third-order valence-corrected chi connectivity index (χ3v) is 3.80. The van der Waals surface area contributed by atoms with Gasteiger partial charge in [0, 0.05) is 12.1 Å². The molecule has 25 heavy (non-hydrogen) atoms. The zero-order valence-corrected chi connectivity index (χ0v) is 14.3. The Bertz CT molecular complexity index is 873. The molecule has 0 fully saturated rings. The predicted octanol–water partition coefficient (Wildman–Crippen LogP) is 3.62. The summed E-state index contributed by atoms with van der Waals surface area (Å²) in [6.07, 6.45) is 1.68. The van der Waals surface area contributed by atoms with Crippen molar-refractivity contribution in [1.29, 1.82) is 0 Å². The summed E-state index contributed by atoms with van der Waals surface area (Å²) in [6, 6.07) is 14.8. The maximum Gasteiger partial charge on any atom is 0.259 e. The largest absolute Gasteiger partial charge is 0.493 e. The van der Waals surface area contributed by atoms with Crippen LogP contribution in [0.2, 0.25) is 0 Å². The highest BCUT2D eigenvalue weighted by atomic mass is 16.5. The van der Waals surface area contributed by atoms with Crippen LogP contribution < -0.4 is 10.1 Å². The molecule has 1 amide bonds. The summed E-state index contributed by atoms with van der Waals surface area (Å²) in [5, 5.41) is 11.1. The fourth-order valence-electron chi connectivity index (χ4n) is 2.61. The summed E-state index contributed by atoms with van der Waals surface area (Å²) in [6.45, 7) is 5.16. The number of carbonyl (C=O) groups is 1. The average molecular weight is 336 g/mol. The molecule has 0 aliphatic rings. The molecule has 2 aromatic carbocycles. The van der Waals surface area contributed by atoms with E-state index >= 15 is 0 Å². The summed E-state index contributed by atoms with van der Waals surface area (Å²) < 4.78 is 7.48. The molecule has 3 rings (SSSR count). The van der Waals surface area contributed by atoms with Crippen LogP contribution in [0.1, 0.15) is 24.2 Å². The van der Waals surface area contributed by atoms with Gasteiger partial charge in [-0.1, -0.05) is 24.3 Å². The van der Waals surface area contributed by atoms with E-state index in [1.807, 2.05) is 54.8 Å². The predicted molar refractivity (Wildman–Crippen MR) is 96.7 cm³/mol. The van der Waals surface area contributed by atoms with Crippen LogP contribution in [-0.2, 0) is 6.54 Å². The Labute approximate surface area is 146 Å². The smallest absolute Gasteiger partial charge is 0.259 e. The molecule has 1 aromatic heterocycles. The molecule has 1 heterocycles. The number of carbonyl (C=O) groups excluding carboxylic acids is 1. The second-order valence-corrected chi connectivity index (χ2v) is 5.37. The van der Waals surface area contributed by atoms with Crippen molar-refractivity contribution in [2.45, 2.75) is 20.4 Å². The van der Waals surface area contributed by atoms with Crippen LogP contribution in [0.5, 0.6) is 5.75 Å². The topological polar surface area (TPSA) is 69.0 Å². The van der Waals surface area contributed by atoms with Crippen LogP contribution >= 0.6 is 0 Å². The van der Waals surface area contributed by atoms with Gasteiger partial charge in [0.2, 0.25) is 0 Å². The molecule has 6 nitrogen and oxygen atoms in total. The van der Waals surface area contributed by atoms with Crippen LogP contribution in [0.3, 0.4) is 0 Å². The highest BCUT2D eigenvalue weighted by Gasteiger charge is 2.16. The average Bonchev–Trinajstić information content (AvgIpc) is 3.11. The molecule has 0 atom stereocenters. The van der Waals surface area contributed by atoms with Crippen molar-refractivity contribution >= 4 is 11.6 Å². The molecular formula is C19H20N4O2. The molecule has 0 saturated carbocycles. The molecule has 0 saturated heterocycles. The van der Waals surface area contributed by atoms with Crippen LogP contribution in [0.25, 0.3) is 11.4 Å². The van der Waals surface area contributed by atoms with Gasteiger partial charge in [0.15, 0.2) is 5.82 Å². The fraction of sp³-hybridized carbons (Fsp3) is 0.211. The minimum absolute atomic E-state index is 0.223. The first kappa shape index (κ1) is 16.7. The van der Waals surface area contributed by atoms with Crippen molar-refractivity contribution in [1.82, 2.24) is 14.8 Å². The third kappa shape index (κ3) is 3.52. The molecule has 0 radical (unpaired) electrons. The summed E-state index contributed by atoms with van der Waals surface area (Å²) in [7, 11) is 0. The number of nitrogens with zero attached hydrogens (tertiary/aromatic N) is 3. The first-order chi connectivity index (χ1) is 12.2. The quantitative estimate of drug-likeness (QED) is 0.746. The lowest BCUT2D eigenvalue weighted by atomic mass is 10.1. The van der Waals surface area contributed by atoms with Crippen molar-refractivity contribution in [3.8, 4) is 17.1 Å². The Balaban J connectivity index is 1.93. The second-order valence-electron chi connectivity index (χ2n) is 5.37. The van der Waals surface area contributed by atoms with E-state index < -0.39 is 0 Å². The Kier molecular flexibility index (Phi) is 5.09. The first-order valence-electron chi connectivity index (χ1n) is 8.25. The molecule has 6 heteroatoms. The van der Waals surface area contributed by atoms with E-state index in [0.29, 0.717) is 23.6 Å². The number of para-hydroxylation sites is 2. The van der Waals surface area contributed by atoms with E-state index in [0.717, 1.165) is 17.9 Å². The zero-order chi connectivity index (χ0) is 17.6. The number of aryl methyl sites for hydroxylation is 1. The van der Waals surface area contributed by atoms with Crippen molar-refractivity contribution in [3.05, 3.63) is 60.4 Å². The lowest BCUT2D eigenvalue weighted by Crippen LogP contribution is -2.14. The van der Waals surface area contributed by atoms with Gasteiger partial charge in [-0.05, 0) is 38.1 Å². The first-order valence-corrected chi connectivity index (χ1v) is 8.25. The lowest BCUT2D eigenvalue weighted by molar-refractivity contribution is 0.102. The number of amides is 1.